The third-order valence-corrected chi connectivity index (χ3v) is 7.37. The van der Waals surface area contributed by atoms with Gasteiger partial charge in [0.1, 0.15) is 5.82 Å². The lowest BCUT2D eigenvalue weighted by atomic mass is 10.2. The largest absolute Gasteiger partial charge is 0.383 e. The number of benzene rings is 1. The zero-order chi connectivity index (χ0) is 24.9. The van der Waals surface area contributed by atoms with Gasteiger partial charge in [0.2, 0.25) is 5.91 Å². The first-order valence-electron chi connectivity index (χ1n) is 12.1. The number of amides is 1. The summed E-state index contributed by atoms with van der Waals surface area (Å²) >= 11 is 1.33. The van der Waals surface area contributed by atoms with Crippen molar-refractivity contribution >= 4 is 40.2 Å². The van der Waals surface area contributed by atoms with Crippen LogP contribution in [0.15, 0.2) is 51.7 Å². The number of nitrogens with one attached hydrogen (secondary N) is 1. The maximum Gasteiger partial charge on any atom is 0.330 e. The summed E-state index contributed by atoms with van der Waals surface area (Å²) in [5.74, 6) is -0.0856. The normalized spacial score (nSPS) is 14.0. The second kappa shape index (κ2) is 11.0. The van der Waals surface area contributed by atoms with Crippen LogP contribution in [0.4, 0.5) is 11.5 Å². The number of anilines is 2. The van der Waals surface area contributed by atoms with E-state index in [9.17, 15) is 14.4 Å². The number of aromatic nitrogens is 4. The van der Waals surface area contributed by atoms with Crippen molar-refractivity contribution in [2.75, 3.05) is 16.4 Å². The second-order valence-electron chi connectivity index (χ2n) is 8.77. The molecule has 1 fully saturated rings. The van der Waals surface area contributed by atoms with Gasteiger partial charge in [-0.25, -0.2) is 9.78 Å². The van der Waals surface area contributed by atoms with Gasteiger partial charge in [0.05, 0.1) is 16.8 Å². The molecule has 0 aliphatic heterocycles. The molecule has 1 aliphatic carbocycles. The first-order valence-corrected chi connectivity index (χ1v) is 13.1. The molecule has 3 aromatic rings. The molecule has 1 amide bonds. The minimum Gasteiger partial charge on any atom is -0.383 e. The molecule has 4 rings (SSSR count). The summed E-state index contributed by atoms with van der Waals surface area (Å²) in [5, 5.41) is 0.709. The van der Waals surface area contributed by atoms with Crippen molar-refractivity contribution < 1.29 is 4.79 Å². The molecule has 9 nitrogen and oxygen atoms in total. The highest BCUT2D eigenvalue weighted by molar-refractivity contribution is 7.99. The van der Waals surface area contributed by atoms with Crippen LogP contribution in [0.5, 0.6) is 0 Å². The lowest BCUT2D eigenvalue weighted by molar-refractivity contribution is -0.116. The molecule has 0 radical (unpaired) electrons. The molecule has 0 atom stereocenters. The number of H-pyrrole nitrogens is 1. The molecule has 2 aromatic heterocycles. The Kier molecular flexibility index (Phi) is 7.80. The van der Waals surface area contributed by atoms with Crippen LogP contribution in [0.2, 0.25) is 0 Å². The number of rotatable bonds is 10. The number of nitrogens with zero attached hydrogens (tertiary/aromatic N) is 4. The fourth-order valence-electron chi connectivity index (χ4n) is 4.69. The Labute approximate surface area is 208 Å². The van der Waals surface area contributed by atoms with Gasteiger partial charge in [0, 0.05) is 19.1 Å². The van der Waals surface area contributed by atoms with Crippen LogP contribution in [0, 0.1) is 0 Å². The van der Waals surface area contributed by atoms with E-state index in [1.807, 2.05) is 35.8 Å². The Bertz CT molecular complexity index is 1340. The van der Waals surface area contributed by atoms with Gasteiger partial charge < -0.3 is 15.2 Å². The molecule has 10 heteroatoms. The van der Waals surface area contributed by atoms with Gasteiger partial charge in [-0.3, -0.25) is 19.1 Å². The van der Waals surface area contributed by atoms with E-state index in [2.05, 4.69) is 11.6 Å². The van der Waals surface area contributed by atoms with Crippen LogP contribution in [0.3, 0.4) is 0 Å². The molecule has 1 aliphatic rings. The number of hydrogen-bond acceptors (Lipinski definition) is 6. The molecule has 1 saturated carbocycles. The number of para-hydroxylation sites is 2. The molecule has 0 unspecified atom stereocenters. The lowest BCUT2D eigenvalue weighted by Gasteiger charge is -2.29. The maximum absolute atomic E-state index is 13.7. The van der Waals surface area contributed by atoms with Crippen molar-refractivity contribution in [3.8, 4) is 0 Å². The number of nitrogen functional groups attached to an aromatic ring is 1. The summed E-state index contributed by atoms with van der Waals surface area (Å²) in [6, 6.07) is 7.68. The molecule has 3 N–H and O–H groups in total. The minimum atomic E-state index is -0.621. The average molecular weight is 497 g/mol. The number of imidazole rings is 1. The Morgan fingerprint density at radius 1 is 1.29 bits per heavy atom. The second-order valence-corrected chi connectivity index (χ2v) is 9.71. The number of thioether (sulfide) groups is 1. The number of allylic oxidation sites excluding steroid dienone is 1. The van der Waals surface area contributed by atoms with E-state index in [-0.39, 0.29) is 29.2 Å². The zero-order valence-corrected chi connectivity index (χ0v) is 20.9. The van der Waals surface area contributed by atoms with Crippen LogP contribution in [-0.2, 0) is 17.9 Å². The third-order valence-electron chi connectivity index (χ3n) is 6.40. The van der Waals surface area contributed by atoms with E-state index in [1.165, 1.54) is 21.2 Å². The standard InChI is InChI=1S/C25H32N6O3S/c1-3-5-15-30-22(26)21(23(33)28-24(30)34)31(17-10-6-7-11-17)20(32)16-35-25-27-18-12-8-9-13-19(18)29(25)14-4-2/h4,8-9,12-13,17H,2-3,5-7,10-11,14-16,26H2,1H3,(H,28,33,34). The summed E-state index contributed by atoms with van der Waals surface area (Å²) in [7, 11) is 0. The van der Waals surface area contributed by atoms with Crippen molar-refractivity contribution in [3.05, 3.63) is 57.8 Å². The molecular weight excluding hydrogens is 464 g/mol. The lowest BCUT2D eigenvalue weighted by Crippen LogP contribution is -2.46. The van der Waals surface area contributed by atoms with Gasteiger partial charge in [0.15, 0.2) is 10.8 Å². The van der Waals surface area contributed by atoms with Gasteiger partial charge in [-0.2, -0.15) is 0 Å². The highest BCUT2D eigenvalue weighted by atomic mass is 32.2. The Balaban J connectivity index is 1.68. The molecule has 0 saturated heterocycles. The number of nitrogens with two attached hydrogens (primary N) is 1. The summed E-state index contributed by atoms with van der Waals surface area (Å²) in [5.41, 5.74) is 7.10. The SMILES string of the molecule is C=CCn1c(SCC(=O)N(c2c(N)n(CCCC)c(=O)[nH]c2=O)C2CCCC2)nc2ccccc21. The van der Waals surface area contributed by atoms with Crippen molar-refractivity contribution in [1.29, 1.82) is 0 Å². The molecular formula is C25H32N6O3S. The summed E-state index contributed by atoms with van der Waals surface area (Å²) < 4.78 is 3.39. The van der Waals surface area contributed by atoms with Crippen LogP contribution < -0.4 is 21.9 Å². The van der Waals surface area contributed by atoms with Crippen molar-refractivity contribution in [2.24, 2.45) is 0 Å². The van der Waals surface area contributed by atoms with Crippen molar-refractivity contribution in [2.45, 2.75) is 69.7 Å². The smallest absolute Gasteiger partial charge is 0.330 e. The first-order chi connectivity index (χ1) is 17.0. The molecule has 0 bridgehead atoms. The molecule has 0 spiro atoms. The fraction of sp³-hybridized carbons (Fsp3) is 0.440. The maximum atomic E-state index is 13.7. The first kappa shape index (κ1) is 24.8. The number of carbonyl (C=O) groups is 1. The fourth-order valence-corrected chi connectivity index (χ4v) is 5.57. The topological polar surface area (TPSA) is 119 Å². The van der Waals surface area contributed by atoms with Gasteiger partial charge in [-0.1, -0.05) is 56.2 Å². The van der Waals surface area contributed by atoms with Crippen molar-refractivity contribution in [3.63, 3.8) is 0 Å². The van der Waals surface area contributed by atoms with Crippen LogP contribution in [0.25, 0.3) is 11.0 Å². The summed E-state index contributed by atoms with van der Waals surface area (Å²) in [4.78, 5) is 47.6. The summed E-state index contributed by atoms with van der Waals surface area (Å²) in [6.07, 6.45) is 6.94. The Morgan fingerprint density at radius 3 is 2.74 bits per heavy atom. The Morgan fingerprint density at radius 2 is 2.03 bits per heavy atom. The van der Waals surface area contributed by atoms with E-state index >= 15 is 0 Å². The molecule has 35 heavy (non-hydrogen) atoms. The van der Waals surface area contributed by atoms with Crippen LogP contribution >= 0.6 is 11.8 Å². The van der Waals surface area contributed by atoms with Crippen molar-refractivity contribution in [1.82, 2.24) is 19.1 Å². The predicted octanol–water partition coefficient (Wildman–Crippen LogP) is 3.52. The van der Waals surface area contributed by atoms with Crippen LogP contribution in [-0.4, -0.2) is 36.8 Å². The highest BCUT2D eigenvalue weighted by Crippen LogP contribution is 2.31. The number of unbranched alkanes of at least 4 members (excludes halogenated alkanes) is 1. The molecule has 186 valence electrons. The number of aromatic amines is 1. The quantitative estimate of drug-likeness (QED) is 0.327. The third kappa shape index (κ3) is 5.07. The molecule has 1 aromatic carbocycles. The van der Waals surface area contributed by atoms with Crippen LogP contribution in [0.1, 0.15) is 45.4 Å². The zero-order valence-electron chi connectivity index (χ0n) is 20.0. The van der Waals surface area contributed by atoms with Gasteiger partial charge in [-0.15, -0.1) is 6.58 Å². The number of hydrogen-bond donors (Lipinski definition) is 2. The van der Waals surface area contributed by atoms with E-state index < -0.39 is 11.2 Å². The summed E-state index contributed by atoms with van der Waals surface area (Å²) in [6.45, 7) is 6.81. The van der Waals surface area contributed by atoms with E-state index in [0.717, 1.165) is 49.6 Å². The molecule has 2 heterocycles. The Hall–Kier alpha value is -3.27. The predicted molar refractivity (Wildman–Crippen MR) is 141 cm³/mol. The van der Waals surface area contributed by atoms with E-state index in [4.69, 9.17) is 10.7 Å². The van der Waals surface area contributed by atoms with E-state index in [0.29, 0.717) is 18.2 Å². The highest BCUT2D eigenvalue weighted by Gasteiger charge is 2.32. The van der Waals surface area contributed by atoms with Gasteiger partial charge >= 0.3 is 5.69 Å². The number of carbonyl (C=O) groups excluding carboxylic acids is 1. The monoisotopic (exact) mass is 496 g/mol. The van der Waals surface area contributed by atoms with E-state index in [1.54, 1.807) is 6.08 Å². The number of fused-ring (bicyclic) bond motifs is 1. The minimum absolute atomic E-state index is 0.0522. The average Bonchev–Trinajstić information content (AvgIpc) is 3.49. The van der Waals surface area contributed by atoms with Gasteiger partial charge in [-0.05, 0) is 31.4 Å². The van der Waals surface area contributed by atoms with Gasteiger partial charge in [0.25, 0.3) is 5.56 Å².